The predicted octanol–water partition coefficient (Wildman–Crippen LogP) is 3.93. The first-order chi connectivity index (χ1) is 16.0. The van der Waals surface area contributed by atoms with E-state index < -0.39 is 0 Å². The van der Waals surface area contributed by atoms with Crippen LogP contribution in [0.3, 0.4) is 0 Å². The second-order valence-electron chi connectivity index (χ2n) is 7.68. The van der Waals surface area contributed by atoms with Crippen molar-refractivity contribution in [3.8, 4) is 11.3 Å². The highest BCUT2D eigenvalue weighted by Gasteiger charge is 2.14. The van der Waals surface area contributed by atoms with Crippen LogP contribution in [-0.4, -0.2) is 24.8 Å². The van der Waals surface area contributed by atoms with Crippen LogP contribution in [0.4, 0.5) is 4.39 Å². The molecule has 0 unspecified atom stereocenters. The molecule has 1 amide bonds. The van der Waals surface area contributed by atoms with Gasteiger partial charge in [-0.15, -0.1) is 0 Å². The lowest BCUT2D eigenvalue weighted by molar-refractivity contribution is -0.121. The van der Waals surface area contributed by atoms with Gasteiger partial charge in [0.1, 0.15) is 5.82 Å². The topological polar surface area (TPSA) is 81.3 Å². The molecule has 9 heteroatoms. The Morgan fingerprint density at radius 1 is 1.15 bits per heavy atom. The van der Waals surface area contributed by atoms with Gasteiger partial charge in [-0.25, -0.2) is 14.4 Å². The molecule has 0 aliphatic heterocycles. The van der Waals surface area contributed by atoms with Gasteiger partial charge in [0.25, 0.3) is 5.56 Å². The molecule has 0 saturated carbocycles. The summed E-state index contributed by atoms with van der Waals surface area (Å²) < 4.78 is 16.6. The van der Waals surface area contributed by atoms with E-state index >= 15 is 0 Å². The van der Waals surface area contributed by atoms with E-state index in [-0.39, 0.29) is 30.2 Å². The molecule has 0 fully saturated rings. The third-order valence-electron chi connectivity index (χ3n) is 5.55. The average molecular weight is 462 g/mol. The molecule has 0 bridgehead atoms. The highest BCUT2D eigenvalue weighted by Crippen LogP contribution is 2.27. The molecule has 0 saturated heterocycles. The van der Waals surface area contributed by atoms with Gasteiger partial charge in [0.15, 0.2) is 4.96 Å². The van der Waals surface area contributed by atoms with E-state index in [1.807, 2.05) is 23.6 Å². The zero-order valence-electron chi connectivity index (χ0n) is 17.8. The van der Waals surface area contributed by atoms with Crippen LogP contribution >= 0.6 is 11.3 Å². The van der Waals surface area contributed by atoms with Crippen LogP contribution in [0.5, 0.6) is 0 Å². The second-order valence-corrected chi connectivity index (χ2v) is 8.75. The highest BCUT2D eigenvalue weighted by molar-refractivity contribution is 7.17. The molecule has 1 N–H and O–H groups in total. The number of imidazole rings is 1. The Kier molecular flexibility index (Phi) is 5.47. The van der Waals surface area contributed by atoms with Crippen molar-refractivity contribution >= 4 is 33.1 Å². The number of aromatic nitrogens is 4. The van der Waals surface area contributed by atoms with Gasteiger partial charge in [-0.1, -0.05) is 23.5 Å². The minimum Gasteiger partial charge on any atom is -0.351 e. The monoisotopic (exact) mass is 461 g/mol. The molecular formula is C24H20FN5O2S. The number of nitrogens with one attached hydrogen (secondary N) is 1. The van der Waals surface area contributed by atoms with Gasteiger partial charge in [0.05, 0.1) is 29.5 Å². The molecular weight excluding hydrogens is 441 g/mol. The number of rotatable bonds is 6. The van der Waals surface area contributed by atoms with Crippen molar-refractivity contribution in [3.05, 3.63) is 87.8 Å². The smallest absolute Gasteiger partial charge is 0.261 e. The average Bonchev–Trinajstić information content (AvgIpc) is 3.37. The fraction of sp³-hybridized carbons (Fsp3) is 0.167. The number of amides is 1. The Hall–Kier alpha value is -3.85. The van der Waals surface area contributed by atoms with Gasteiger partial charge < -0.3 is 5.32 Å². The summed E-state index contributed by atoms with van der Waals surface area (Å²) in [6.07, 6.45) is 3.57. The first-order valence-corrected chi connectivity index (χ1v) is 11.3. The van der Waals surface area contributed by atoms with E-state index in [0.717, 1.165) is 26.8 Å². The number of nitrogens with zero attached hydrogens (tertiary/aromatic N) is 4. The first-order valence-electron chi connectivity index (χ1n) is 10.4. The Morgan fingerprint density at radius 3 is 2.73 bits per heavy atom. The lowest BCUT2D eigenvalue weighted by atomic mass is 10.2. The van der Waals surface area contributed by atoms with Gasteiger partial charge in [-0.05, 0) is 43.3 Å². The number of hydrogen-bond acceptors (Lipinski definition) is 5. The molecule has 33 heavy (non-hydrogen) atoms. The van der Waals surface area contributed by atoms with Crippen LogP contribution in [0.1, 0.15) is 17.0 Å². The third kappa shape index (κ3) is 4.14. The second kappa shape index (κ2) is 8.59. The molecule has 0 aliphatic rings. The number of aryl methyl sites for hydroxylation is 2. The number of hydrogen-bond donors (Lipinski definition) is 1. The lowest BCUT2D eigenvalue weighted by Gasteiger charge is -2.07. The van der Waals surface area contributed by atoms with Crippen molar-refractivity contribution in [1.82, 2.24) is 24.3 Å². The quantitative estimate of drug-likeness (QED) is 0.416. The largest absolute Gasteiger partial charge is 0.351 e. The van der Waals surface area contributed by atoms with Gasteiger partial charge in [0.2, 0.25) is 5.91 Å². The summed E-state index contributed by atoms with van der Waals surface area (Å²) in [4.78, 5) is 35.7. The minimum absolute atomic E-state index is 0.146. The van der Waals surface area contributed by atoms with Gasteiger partial charge >= 0.3 is 0 Å². The summed E-state index contributed by atoms with van der Waals surface area (Å²) in [6.45, 7) is 2.62. The number of thiazole rings is 1. The van der Waals surface area contributed by atoms with Crippen molar-refractivity contribution in [3.63, 3.8) is 0 Å². The SMILES string of the molecule is Cc1c(CNC(=O)CCn2cnc3ccccc3c2=O)sc2nc(-c3ccc(F)cc3)cn12. The third-order valence-corrected chi connectivity index (χ3v) is 6.71. The van der Waals surface area contributed by atoms with E-state index in [2.05, 4.69) is 15.3 Å². The molecule has 7 nitrogen and oxygen atoms in total. The fourth-order valence-electron chi connectivity index (χ4n) is 3.67. The van der Waals surface area contributed by atoms with Crippen LogP contribution in [0.15, 0.2) is 65.8 Å². The van der Waals surface area contributed by atoms with Gasteiger partial charge in [-0.3, -0.25) is 18.6 Å². The summed E-state index contributed by atoms with van der Waals surface area (Å²) in [5, 5.41) is 3.46. The molecule has 2 aromatic carbocycles. The molecule has 3 heterocycles. The van der Waals surface area contributed by atoms with E-state index in [4.69, 9.17) is 0 Å². The Labute approximate surface area is 192 Å². The van der Waals surface area contributed by atoms with Crippen molar-refractivity contribution in [2.45, 2.75) is 26.4 Å². The minimum atomic E-state index is -0.282. The Balaban J connectivity index is 1.23. The summed E-state index contributed by atoms with van der Waals surface area (Å²) in [7, 11) is 0. The van der Waals surface area contributed by atoms with E-state index in [9.17, 15) is 14.0 Å². The summed E-state index contributed by atoms with van der Waals surface area (Å²) in [5.74, 6) is -0.428. The first kappa shape index (κ1) is 21.0. The molecule has 0 atom stereocenters. The van der Waals surface area contributed by atoms with Crippen molar-refractivity contribution in [2.24, 2.45) is 0 Å². The molecule has 166 valence electrons. The molecule has 0 aliphatic carbocycles. The lowest BCUT2D eigenvalue weighted by Crippen LogP contribution is -2.27. The van der Waals surface area contributed by atoms with Crippen LogP contribution in [0, 0.1) is 12.7 Å². The molecule has 3 aromatic heterocycles. The standard InChI is InChI=1S/C24H20FN5O2S/c1-15-21(33-24-28-20(13-30(15)24)16-6-8-17(25)9-7-16)12-26-22(31)10-11-29-14-27-19-5-3-2-4-18(19)23(29)32/h2-9,13-14H,10-12H2,1H3,(H,26,31). The zero-order chi connectivity index (χ0) is 22.9. The maximum atomic E-state index is 13.2. The van der Waals surface area contributed by atoms with Crippen LogP contribution in [0.25, 0.3) is 27.1 Å². The Morgan fingerprint density at radius 2 is 1.94 bits per heavy atom. The van der Waals surface area contributed by atoms with E-state index in [1.54, 1.807) is 30.3 Å². The number of para-hydroxylation sites is 1. The molecule has 5 aromatic rings. The molecule has 0 radical (unpaired) electrons. The summed E-state index contributed by atoms with van der Waals surface area (Å²) in [5.41, 5.74) is 3.10. The van der Waals surface area contributed by atoms with Crippen molar-refractivity contribution in [2.75, 3.05) is 0 Å². The maximum absolute atomic E-state index is 13.2. The maximum Gasteiger partial charge on any atom is 0.261 e. The number of benzene rings is 2. The highest BCUT2D eigenvalue weighted by atomic mass is 32.1. The Bertz CT molecular complexity index is 1530. The van der Waals surface area contributed by atoms with Crippen LogP contribution in [-0.2, 0) is 17.9 Å². The van der Waals surface area contributed by atoms with E-state index in [1.165, 1.54) is 34.4 Å². The van der Waals surface area contributed by atoms with Crippen LogP contribution < -0.4 is 10.9 Å². The molecule has 5 rings (SSSR count). The van der Waals surface area contributed by atoms with Crippen molar-refractivity contribution < 1.29 is 9.18 Å². The van der Waals surface area contributed by atoms with Gasteiger partial charge in [-0.2, -0.15) is 0 Å². The van der Waals surface area contributed by atoms with E-state index in [0.29, 0.717) is 17.4 Å². The van der Waals surface area contributed by atoms with Crippen LogP contribution in [0.2, 0.25) is 0 Å². The number of carbonyl (C=O) groups is 1. The van der Waals surface area contributed by atoms with Crippen molar-refractivity contribution in [1.29, 1.82) is 0 Å². The number of halogens is 1. The number of carbonyl (C=O) groups excluding carboxylic acids is 1. The fourth-order valence-corrected chi connectivity index (χ4v) is 4.72. The predicted molar refractivity (Wildman–Crippen MR) is 126 cm³/mol. The van der Waals surface area contributed by atoms with Gasteiger partial charge in [0, 0.05) is 35.3 Å². The zero-order valence-corrected chi connectivity index (χ0v) is 18.6. The summed E-state index contributed by atoms with van der Waals surface area (Å²) in [6, 6.07) is 13.4. The normalized spacial score (nSPS) is 11.3. The number of fused-ring (bicyclic) bond motifs is 2. The molecule has 0 spiro atoms. The summed E-state index contributed by atoms with van der Waals surface area (Å²) >= 11 is 1.50.